The summed E-state index contributed by atoms with van der Waals surface area (Å²) in [6, 6.07) is 3.63. The molecule has 1 aromatic carbocycles. The molecule has 2 heterocycles. The Morgan fingerprint density at radius 1 is 1.20 bits per heavy atom. The van der Waals surface area contributed by atoms with Crippen molar-refractivity contribution in [2.24, 2.45) is 0 Å². The predicted octanol–water partition coefficient (Wildman–Crippen LogP) is 0.0462. The van der Waals surface area contributed by atoms with E-state index in [0.717, 1.165) is 13.0 Å². The van der Waals surface area contributed by atoms with Crippen molar-refractivity contribution in [2.75, 3.05) is 44.4 Å². The molecule has 2 atom stereocenters. The summed E-state index contributed by atoms with van der Waals surface area (Å²) in [5.74, 6) is -4.45. The number of rotatable bonds is 5. The zero-order valence-electron chi connectivity index (χ0n) is 16.2. The summed E-state index contributed by atoms with van der Waals surface area (Å²) in [5, 5.41) is 9.31. The summed E-state index contributed by atoms with van der Waals surface area (Å²) in [5.41, 5.74) is -0.00159. The highest BCUT2D eigenvalue weighted by atomic mass is 19.1. The van der Waals surface area contributed by atoms with Gasteiger partial charge in [-0.3, -0.25) is 14.4 Å². The van der Waals surface area contributed by atoms with Gasteiger partial charge in [-0.2, -0.15) is 0 Å². The van der Waals surface area contributed by atoms with Gasteiger partial charge in [-0.25, -0.2) is 9.18 Å². The normalized spacial score (nSPS) is 20.6. The van der Waals surface area contributed by atoms with E-state index in [-0.39, 0.29) is 24.4 Å². The Morgan fingerprint density at radius 2 is 1.90 bits per heavy atom. The summed E-state index contributed by atoms with van der Waals surface area (Å²) >= 11 is 0. The number of morpholine rings is 2. The Labute approximate surface area is 171 Å². The zero-order valence-corrected chi connectivity index (χ0v) is 16.2. The summed E-state index contributed by atoms with van der Waals surface area (Å²) < 4.78 is 29.5. The van der Waals surface area contributed by atoms with Gasteiger partial charge in [0.1, 0.15) is 5.82 Å². The molecule has 1 unspecified atom stereocenters. The number of benzene rings is 1. The number of aliphatic carboxylic acids is 1. The van der Waals surface area contributed by atoms with Crippen LogP contribution in [0, 0.1) is 5.82 Å². The van der Waals surface area contributed by atoms with Gasteiger partial charge in [0.15, 0.2) is 6.10 Å². The van der Waals surface area contributed by atoms with E-state index in [4.69, 9.17) is 14.2 Å². The predicted molar refractivity (Wildman–Crippen MR) is 98.4 cm³/mol. The highest BCUT2D eigenvalue weighted by Gasteiger charge is 2.42. The molecule has 10 nitrogen and oxygen atoms in total. The number of amides is 2. The molecule has 0 radical (unpaired) electrons. The van der Waals surface area contributed by atoms with E-state index >= 15 is 0 Å². The van der Waals surface area contributed by atoms with Crippen LogP contribution in [0.2, 0.25) is 0 Å². The molecule has 2 aliphatic heterocycles. The van der Waals surface area contributed by atoms with E-state index in [1.165, 1.54) is 21.9 Å². The first-order valence-electron chi connectivity index (χ1n) is 9.29. The molecule has 0 saturated carbocycles. The Morgan fingerprint density at radius 3 is 2.53 bits per heavy atom. The molecule has 162 valence electrons. The Hall–Kier alpha value is -3.05. The molecular formula is C19H21FN2O8. The van der Waals surface area contributed by atoms with Gasteiger partial charge in [0.2, 0.25) is 6.10 Å². The second kappa shape index (κ2) is 9.18. The van der Waals surface area contributed by atoms with Crippen molar-refractivity contribution in [1.82, 2.24) is 4.90 Å². The molecule has 2 aliphatic rings. The number of carboxylic acid groups (broad SMARTS) is 1. The molecule has 1 N–H and O–H groups in total. The highest BCUT2D eigenvalue weighted by molar-refractivity contribution is 6.02. The Balaban J connectivity index is 1.85. The third-order valence-corrected chi connectivity index (χ3v) is 4.72. The number of halogens is 1. The number of esters is 1. The summed E-state index contributed by atoms with van der Waals surface area (Å²) in [7, 11) is 0. The van der Waals surface area contributed by atoms with Crippen molar-refractivity contribution in [2.45, 2.75) is 19.1 Å². The van der Waals surface area contributed by atoms with Gasteiger partial charge >= 0.3 is 11.9 Å². The van der Waals surface area contributed by atoms with Crippen LogP contribution in [-0.2, 0) is 28.6 Å². The van der Waals surface area contributed by atoms with Crippen LogP contribution >= 0.6 is 0 Å². The van der Waals surface area contributed by atoms with E-state index in [1.807, 2.05) is 0 Å². The number of anilines is 1. The molecule has 30 heavy (non-hydrogen) atoms. The smallest absolute Gasteiger partial charge is 0.348 e. The van der Waals surface area contributed by atoms with E-state index in [1.54, 1.807) is 0 Å². The van der Waals surface area contributed by atoms with Crippen LogP contribution in [0.4, 0.5) is 10.1 Å². The molecule has 1 aromatic rings. The number of carbonyl (C=O) groups excluding carboxylic acids is 3. The van der Waals surface area contributed by atoms with Crippen LogP contribution in [-0.4, -0.2) is 85.4 Å². The molecule has 0 aromatic heterocycles. The van der Waals surface area contributed by atoms with Crippen LogP contribution in [0.15, 0.2) is 18.2 Å². The molecule has 0 aliphatic carbocycles. The van der Waals surface area contributed by atoms with Crippen LogP contribution in [0.3, 0.4) is 0 Å². The Bertz CT molecular complexity index is 855. The Kier molecular flexibility index (Phi) is 6.63. The summed E-state index contributed by atoms with van der Waals surface area (Å²) in [6.07, 6.45) is -3.39. The first-order valence-corrected chi connectivity index (χ1v) is 9.29. The first-order chi connectivity index (χ1) is 14.3. The summed E-state index contributed by atoms with van der Waals surface area (Å²) in [4.78, 5) is 50.8. The third kappa shape index (κ3) is 4.57. The van der Waals surface area contributed by atoms with Gasteiger partial charge in [0, 0.05) is 32.2 Å². The number of hydrogen-bond acceptors (Lipinski definition) is 7. The van der Waals surface area contributed by atoms with Gasteiger partial charge in [-0.05, 0) is 18.2 Å². The molecule has 2 amide bonds. The minimum absolute atomic E-state index is 0.0361. The molecule has 2 fully saturated rings. The van der Waals surface area contributed by atoms with Gasteiger partial charge in [-0.1, -0.05) is 0 Å². The number of nitrogens with zero attached hydrogens (tertiary/aromatic N) is 2. The molecule has 0 spiro atoms. The second-order valence-electron chi connectivity index (χ2n) is 6.72. The molecule has 2 saturated heterocycles. The fourth-order valence-corrected chi connectivity index (χ4v) is 3.28. The van der Waals surface area contributed by atoms with Crippen molar-refractivity contribution in [3.05, 3.63) is 29.6 Å². The monoisotopic (exact) mass is 424 g/mol. The zero-order chi connectivity index (χ0) is 21.8. The van der Waals surface area contributed by atoms with E-state index in [9.17, 15) is 28.7 Å². The maximum absolute atomic E-state index is 14.4. The van der Waals surface area contributed by atoms with E-state index in [0.29, 0.717) is 26.3 Å². The van der Waals surface area contributed by atoms with E-state index < -0.39 is 41.8 Å². The van der Waals surface area contributed by atoms with Crippen LogP contribution in [0.25, 0.3) is 0 Å². The quantitative estimate of drug-likeness (QED) is 0.658. The molecule has 11 heteroatoms. The van der Waals surface area contributed by atoms with E-state index in [2.05, 4.69) is 0 Å². The number of carboxylic acids is 1. The largest absolute Gasteiger partial charge is 0.478 e. The maximum atomic E-state index is 14.4. The summed E-state index contributed by atoms with van der Waals surface area (Å²) in [6.45, 7) is 2.38. The number of hydrogen-bond donors (Lipinski definition) is 1. The average molecular weight is 424 g/mol. The molecule has 3 rings (SSSR count). The van der Waals surface area contributed by atoms with Crippen molar-refractivity contribution in [1.29, 1.82) is 0 Å². The minimum Gasteiger partial charge on any atom is -0.478 e. The topological polar surface area (TPSA) is 123 Å². The van der Waals surface area contributed by atoms with Crippen molar-refractivity contribution in [3.63, 3.8) is 0 Å². The van der Waals surface area contributed by atoms with Crippen molar-refractivity contribution in [3.8, 4) is 0 Å². The standard InChI is InChI=1S/C19H21FN2O8/c1-11(23)30-16(19(26)27)15-18(25)22(6-9-29-15)12-2-3-14(20)13(10-12)17(24)21-4-7-28-8-5-21/h2-3,10,15-16H,4-9H2,1H3,(H,26,27)/t15?,16-/m1/s1. The van der Waals surface area contributed by atoms with Crippen molar-refractivity contribution < 1.29 is 42.9 Å². The lowest BCUT2D eigenvalue weighted by atomic mass is 10.1. The van der Waals surface area contributed by atoms with Crippen molar-refractivity contribution >= 4 is 29.4 Å². The molecular weight excluding hydrogens is 403 g/mol. The minimum atomic E-state index is -1.83. The van der Waals surface area contributed by atoms with Gasteiger partial charge < -0.3 is 29.1 Å². The highest BCUT2D eigenvalue weighted by Crippen LogP contribution is 2.25. The fourth-order valence-electron chi connectivity index (χ4n) is 3.28. The van der Waals surface area contributed by atoms with Gasteiger partial charge in [-0.15, -0.1) is 0 Å². The van der Waals surface area contributed by atoms with Crippen LogP contribution < -0.4 is 4.90 Å². The fraction of sp³-hybridized carbons (Fsp3) is 0.474. The third-order valence-electron chi connectivity index (χ3n) is 4.72. The first kappa shape index (κ1) is 21.7. The lowest BCUT2D eigenvalue weighted by Crippen LogP contribution is -2.55. The number of ether oxygens (including phenoxy) is 3. The lowest BCUT2D eigenvalue weighted by molar-refractivity contribution is -0.177. The SMILES string of the molecule is CC(=O)O[C@@H](C(=O)O)C1OCCN(c2ccc(F)c(C(=O)N3CCOCC3)c2)C1=O. The number of carbonyl (C=O) groups is 4. The van der Waals surface area contributed by atoms with Crippen LogP contribution in [0.1, 0.15) is 17.3 Å². The van der Waals surface area contributed by atoms with Gasteiger partial charge in [0.05, 0.1) is 25.4 Å². The lowest BCUT2D eigenvalue weighted by Gasteiger charge is -2.34. The van der Waals surface area contributed by atoms with Gasteiger partial charge in [0.25, 0.3) is 11.8 Å². The average Bonchev–Trinajstić information content (AvgIpc) is 2.73. The van der Waals surface area contributed by atoms with Crippen LogP contribution in [0.5, 0.6) is 0 Å². The second-order valence-corrected chi connectivity index (χ2v) is 6.72. The maximum Gasteiger partial charge on any atom is 0.348 e. The molecule has 0 bridgehead atoms.